The number of hydrogen-bond acceptors (Lipinski definition) is 8. The van der Waals surface area contributed by atoms with E-state index >= 15 is 0 Å². The second kappa shape index (κ2) is 29.2. The van der Waals surface area contributed by atoms with E-state index in [0.717, 1.165) is 86.2 Å². The first-order valence-electron chi connectivity index (χ1n) is 27.5. The summed E-state index contributed by atoms with van der Waals surface area (Å²) in [5.74, 6) is -4.11. The summed E-state index contributed by atoms with van der Waals surface area (Å²) < 4.78 is 69.0. The fraction of sp³-hybridized carbons (Fsp3) is 0.375. The lowest BCUT2D eigenvalue weighted by atomic mass is 9.80. The number of nitrogens with one attached hydrogen (secondary N) is 2. The van der Waals surface area contributed by atoms with E-state index in [9.17, 15) is 36.7 Å². The first kappa shape index (κ1) is 65.5. The zero-order chi connectivity index (χ0) is 56.3. The average Bonchev–Trinajstić information content (AvgIpc) is 3.67. The van der Waals surface area contributed by atoms with Crippen LogP contribution in [-0.4, -0.2) is 114 Å². The third kappa shape index (κ3) is 15.9. The quantitative estimate of drug-likeness (QED) is 0.0909. The van der Waals surface area contributed by atoms with Crippen molar-refractivity contribution in [3.05, 3.63) is 214 Å². The van der Waals surface area contributed by atoms with Crippen molar-refractivity contribution in [3.63, 3.8) is 0 Å². The molecular weight excluding hydrogens is 1110 g/mol. The summed E-state index contributed by atoms with van der Waals surface area (Å²) in [6, 6.07) is 47.2. The fourth-order valence-corrected chi connectivity index (χ4v) is 12.0. The van der Waals surface area contributed by atoms with E-state index in [2.05, 4.69) is 44.7 Å². The predicted molar refractivity (Wildman–Crippen MR) is 314 cm³/mol. The van der Waals surface area contributed by atoms with Crippen LogP contribution in [0.25, 0.3) is 0 Å². The molecule has 4 aliphatic rings. The van der Waals surface area contributed by atoms with Gasteiger partial charge in [0, 0.05) is 66.2 Å². The molecule has 444 valence electrons. The highest BCUT2D eigenvalue weighted by Gasteiger charge is 2.45. The second-order valence-corrected chi connectivity index (χ2v) is 21.7. The Morgan fingerprint density at radius 2 is 0.795 bits per heavy atom. The Morgan fingerprint density at radius 3 is 1.11 bits per heavy atom. The number of amides is 4. The smallest absolute Gasteiger partial charge is 0.249 e. The van der Waals surface area contributed by atoms with E-state index in [0.29, 0.717) is 50.1 Å². The van der Waals surface area contributed by atoms with Gasteiger partial charge in [0.1, 0.15) is 24.4 Å². The molecule has 2 atom stereocenters. The highest BCUT2D eigenvalue weighted by Crippen LogP contribution is 2.40. The number of carbonyl (C=O) groups excluding carboxylic acids is 4. The molecule has 13 nitrogen and oxygen atoms in total. The summed E-state index contributed by atoms with van der Waals surface area (Å²) in [7, 11) is 0. The molecular formula is C64H74Cl2F4N6O7. The van der Waals surface area contributed by atoms with Gasteiger partial charge < -0.3 is 45.2 Å². The normalized spacial score (nSPS) is 20.5. The lowest BCUT2D eigenvalue weighted by Crippen LogP contribution is -2.55. The number of benzene rings is 6. The van der Waals surface area contributed by atoms with Crippen molar-refractivity contribution in [2.45, 2.75) is 87.7 Å². The summed E-state index contributed by atoms with van der Waals surface area (Å²) in [6.45, 7) is 8.38. The molecule has 0 bridgehead atoms. The lowest BCUT2D eigenvalue weighted by Gasteiger charge is -2.46. The van der Waals surface area contributed by atoms with Crippen LogP contribution in [-0.2, 0) is 64.0 Å². The molecule has 19 heteroatoms. The SMILES string of the molecule is CC(=O)NC1(c2ccccc2)CCN(CCC2(c3ccc(F)c(F)c3)CN(Cc3ccccc3)C(=O)CO2)CC1.CC(=O)NC1(c2ccccc2)CCN(CCC2(c3ccc(F)c(F)c3)CN(Cc3ccccc3)C(=O)CO2)CC1.Cl.Cl.O. The van der Waals surface area contributed by atoms with Crippen molar-refractivity contribution in [2.75, 3.05) is 65.6 Å². The Labute approximate surface area is 495 Å². The molecule has 4 amide bonds. The topological polar surface area (TPSA) is 155 Å². The first-order chi connectivity index (χ1) is 38.6. The molecule has 4 heterocycles. The zero-order valence-electron chi connectivity index (χ0n) is 46.8. The molecule has 4 aliphatic heterocycles. The largest absolute Gasteiger partial charge is 0.412 e. The van der Waals surface area contributed by atoms with E-state index < -0.39 is 45.5 Å². The Kier molecular flexibility index (Phi) is 23.0. The Bertz CT molecular complexity index is 2880. The minimum absolute atomic E-state index is 0. The lowest BCUT2D eigenvalue weighted by molar-refractivity contribution is -0.169. The van der Waals surface area contributed by atoms with Gasteiger partial charge in [0.15, 0.2) is 23.3 Å². The molecule has 0 aliphatic carbocycles. The average molecular weight is 1190 g/mol. The number of carbonyl (C=O) groups is 4. The number of halogens is 6. The maximum absolute atomic E-state index is 14.4. The minimum Gasteiger partial charge on any atom is -0.412 e. The number of likely N-dealkylation sites (tertiary alicyclic amines) is 2. The van der Waals surface area contributed by atoms with Crippen molar-refractivity contribution in [1.29, 1.82) is 0 Å². The number of piperidine rings is 2. The number of morpholine rings is 2. The van der Waals surface area contributed by atoms with Gasteiger partial charge in [-0.05, 0) is 96.2 Å². The van der Waals surface area contributed by atoms with Crippen LogP contribution in [0.15, 0.2) is 158 Å². The van der Waals surface area contributed by atoms with Crippen molar-refractivity contribution in [1.82, 2.24) is 30.2 Å². The van der Waals surface area contributed by atoms with Gasteiger partial charge in [-0.3, -0.25) is 19.2 Å². The van der Waals surface area contributed by atoms with Crippen LogP contribution < -0.4 is 10.6 Å². The summed E-state index contributed by atoms with van der Waals surface area (Å²) in [6.07, 6.45) is 3.97. The molecule has 4 N–H and O–H groups in total. The molecule has 83 heavy (non-hydrogen) atoms. The summed E-state index contributed by atoms with van der Waals surface area (Å²) in [5.41, 5.74) is 2.38. The Morgan fingerprint density at radius 1 is 0.470 bits per heavy atom. The maximum atomic E-state index is 14.4. The number of hydrogen-bond donors (Lipinski definition) is 2. The van der Waals surface area contributed by atoms with Gasteiger partial charge in [0.2, 0.25) is 23.6 Å². The van der Waals surface area contributed by atoms with E-state index in [1.165, 1.54) is 12.1 Å². The van der Waals surface area contributed by atoms with Crippen LogP contribution in [0, 0.1) is 23.3 Å². The highest BCUT2D eigenvalue weighted by atomic mass is 35.5. The molecule has 10 rings (SSSR count). The molecule has 6 aromatic carbocycles. The van der Waals surface area contributed by atoms with Crippen LogP contribution >= 0.6 is 24.8 Å². The third-order valence-corrected chi connectivity index (χ3v) is 16.4. The molecule has 0 radical (unpaired) electrons. The number of nitrogens with zero attached hydrogens (tertiary/aromatic N) is 4. The van der Waals surface area contributed by atoms with Gasteiger partial charge in [-0.2, -0.15) is 0 Å². The number of ether oxygens (including phenoxy) is 2. The van der Waals surface area contributed by atoms with Gasteiger partial charge in [-0.1, -0.05) is 133 Å². The van der Waals surface area contributed by atoms with Crippen molar-refractivity contribution < 1.29 is 51.7 Å². The minimum atomic E-state index is -0.983. The molecule has 4 fully saturated rings. The van der Waals surface area contributed by atoms with Crippen LogP contribution in [0.2, 0.25) is 0 Å². The second-order valence-electron chi connectivity index (χ2n) is 21.7. The van der Waals surface area contributed by atoms with Crippen LogP contribution in [0.4, 0.5) is 17.6 Å². The van der Waals surface area contributed by atoms with Crippen molar-refractivity contribution in [2.24, 2.45) is 0 Å². The van der Waals surface area contributed by atoms with Crippen molar-refractivity contribution in [3.8, 4) is 0 Å². The standard InChI is InChI=1S/2C32H35F2N3O3.2ClH.H2O/c2*1-24(38)35-31(26-10-6-3-7-11-26)14-17-36(18-15-31)19-16-32(27-12-13-28(33)29(34)20-27)23-37(30(39)22-40-32)21-25-8-4-2-5-9-25;;;/h2*2-13,20H,14-19,21-23H2,1H3,(H,35,38);2*1H;1H2. The molecule has 4 saturated heterocycles. The van der Waals surface area contributed by atoms with Crippen LogP contribution in [0.5, 0.6) is 0 Å². The van der Waals surface area contributed by atoms with Crippen molar-refractivity contribution >= 4 is 48.4 Å². The molecule has 6 aromatic rings. The van der Waals surface area contributed by atoms with Gasteiger partial charge in [-0.25, -0.2) is 17.6 Å². The molecule has 0 aromatic heterocycles. The monoisotopic (exact) mass is 1180 g/mol. The molecule has 0 saturated carbocycles. The highest BCUT2D eigenvalue weighted by molar-refractivity contribution is 5.85. The van der Waals surface area contributed by atoms with Gasteiger partial charge in [0.25, 0.3) is 0 Å². The van der Waals surface area contributed by atoms with Gasteiger partial charge in [-0.15, -0.1) is 24.8 Å². The molecule has 0 spiro atoms. The zero-order valence-corrected chi connectivity index (χ0v) is 48.4. The predicted octanol–water partition coefficient (Wildman–Crippen LogP) is 9.49. The van der Waals surface area contributed by atoms with E-state index in [1.807, 2.05) is 97.1 Å². The Balaban J connectivity index is 0.000000257. The third-order valence-electron chi connectivity index (χ3n) is 16.4. The summed E-state index contributed by atoms with van der Waals surface area (Å²) >= 11 is 0. The maximum Gasteiger partial charge on any atom is 0.249 e. The summed E-state index contributed by atoms with van der Waals surface area (Å²) in [5, 5.41) is 6.41. The first-order valence-corrected chi connectivity index (χ1v) is 27.5. The van der Waals surface area contributed by atoms with Crippen LogP contribution in [0.1, 0.15) is 85.8 Å². The summed E-state index contributed by atoms with van der Waals surface area (Å²) in [4.78, 5) is 58.1. The van der Waals surface area contributed by atoms with Gasteiger partial charge >= 0.3 is 0 Å². The Hall–Kier alpha value is -6.70. The van der Waals surface area contributed by atoms with E-state index in [4.69, 9.17) is 9.47 Å². The van der Waals surface area contributed by atoms with E-state index in [-0.39, 0.29) is 80.2 Å². The van der Waals surface area contributed by atoms with E-state index in [1.54, 1.807) is 35.8 Å². The fourth-order valence-electron chi connectivity index (χ4n) is 12.0. The van der Waals surface area contributed by atoms with Gasteiger partial charge in [0.05, 0.1) is 24.2 Å². The van der Waals surface area contributed by atoms with Crippen LogP contribution in [0.3, 0.4) is 0 Å². The number of rotatable bonds is 16. The molecule has 2 unspecified atom stereocenters.